The Kier molecular flexibility index (Phi) is 2.67. The van der Waals surface area contributed by atoms with Crippen molar-refractivity contribution in [2.45, 2.75) is 12.8 Å². The van der Waals surface area contributed by atoms with Gasteiger partial charge >= 0.3 is 0 Å². The average Bonchev–Trinajstić information content (AvgIpc) is 2.56. The number of phenols is 2. The van der Waals surface area contributed by atoms with E-state index in [1.807, 2.05) is 18.2 Å². The van der Waals surface area contributed by atoms with Gasteiger partial charge in [0.25, 0.3) is 0 Å². The lowest BCUT2D eigenvalue weighted by molar-refractivity contribution is 0.427. The highest BCUT2D eigenvalue weighted by molar-refractivity contribution is 5.57. The monoisotopic (exact) mass is 254 g/mol. The standard InChI is InChI=1S/C16H14O3/c1-2-10-3-4-11-5-6-13-14(18)8-12(17)9-16(13)19-15(11)7-10/h2-4,7-9,17-18H,1,5-6H2. The summed E-state index contributed by atoms with van der Waals surface area (Å²) in [5, 5.41) is 19.4. The lowest BCUT2D eigenvalue weighted by Crippen LogP contribution is -1.89. The third-order valence-corrected chi connectivity index (χ3v) is 3.36. The van der Waals surface area contributed by atoms with Crippen LogP contribution >= 0.6 is 0 Å². The Hall–Kier alpha value is -2.42. The molecule has 0 aromatic heterocycles. The smallest absolute Gasteiger partial charge is 0.138 e. The van der Waals surface area contributed by atoms with Crippen LogP contribution in [0.2, 0.25) is 0 Å². The van der Waals surface area contributed by atoms with E-state index < -0.39 is 0 Å². The van der Waals surface area contributed by atoms with E-state index in [9.17, 15) is 10.2 Å². The Morgan fingerprint density at radius 1 is 1.05 bits per heavy atom. The molecule has 1 heterocycles. The molecule has 1 aliphatic heterocycles. The van der Waals surface area contributed by atoms with E-state index >= 15 is 0 Å². The number of fused-ring (bicyclic) bond motifs is 2. The molecule has 3 rings (SSSR count). The molecule has 2 aromatic carbocycles. The van der Waals surface area contributed by atoms with E-state index in [1.165, 1.54) is 12.1 Å². The summed E-state index contributed by atoms with van der Waals surface area (Å²) >= 11 is 0. The summed E-state index contributed by atoms with van der Waals surface area (Å²) in [5.41, 5.74) is 2.79. The van der Waals surface area contributed by atoms with Gasteiger partial charge in [-0.15, -0.1) is 0 Å². The van der Waals surface area contributed by atoms with Gasteiger partial charge in [-0.1, -0.05) is 24.8 Å². The minimum absolute atomic E-state index is 0.000393. The maximum Gasteiger partial charge on any atom is 0.138 e. The molecule has 0 bridgehead atoms. The van der Waals surface area contributed by atoms with Gasteiger partial charge in [0.15, 0.2) is 0 Å². The SMILES string of the molecule is C=Cc1ccc2c(c1)Oc1cc(O)cc(O)c1CC2. The van der Waals surface area contributed by atoms with Crippen molar-refractivity contribution in [3.05, 3.63) is 53.6 Å². The van der Waals surface area contributed by atoms with E-state index in [0.29, 0.717) is 12.2 Å². The molecular weight excluding hydrogens is 240 g/mol. The second kappa shape index (κ2) is 4.35. The number of hydrogen-bond acceptors (Lipinski definition) is 3. The van der Waals surface area contributed by atoms with Crippen molar-refractivity contribution < 1.29 is 14.9 Å². The molecule has 19 heavy (non-hydrogen) atoms. The molecule has 0 fully saturated rings. The van der Waals surface area contributed by atoms with E-state index in [-0.39, 0.29) is 11.5 Å². The molecule has 0 radical (unpaired) electrons. The van der Waals surface area contributed by atoms with E-state index in [4.69, 9.17) is 4.74 Å². The van der Waals surface area contributed by atoms with E-state index in [0.717, 1.165) is 28.9 Å². The van der Waals surface area contributed by atoms with Crippen LogP contribution in [-0.4, -0.2) is 10.2 Å². The van der Waals surface area contributed by atoms with Crippen molar-refractivity contribution >= 4 is 6.08 Å². The van der Waals surface area contributed by atoms with Crippen LogP contribution < -0.4 is 4.74 Å². The lowest BCUT2D eigenvalue weighted by atomic mass is 10.0. The highest BCUT2D eigenvalue weighted by Crippen LogP contribution is 2.40. The molecule has 0 atom stereocenters. The Labute approximate surface area is 111 Å². The number of benzene rings is 2. The van der Waals surface area contributed by atoms with E-state index in [2.05, 4.69) is 6.58 Å². The number of phenolic OH excluding ortho intramolecular Hbond substituents is 2. The van der Waals surface area contributed by atoms with Crippen LogP contribution in [0.4, 0.5) is 0 Å². The molecule has 0 amide bonds. The zero-order valence-corrected chi connectivity index (χ0v) is 10.4. The summed E-state index contributed by atoms with van der Waals surface area (Å²) in [7, 11) is 0. The number of hydrogen-bond donors (Lipinski definition) is 2. The van der Waals surface area contributed by atoms with Gasteiger partial charge in [-0.25, -0.2) is 0 Å². The lowest BCUT2D eigenvalue weighted by Gasteiger charge is -2.10. The predicted molar refractivity (Wildman–Crippen MR) is 73.8 cm³/mol. The second-order valence-corrected chi connectivity index (χ2v) is 4.61. The molecule has 2 aromatic rings. The molecule has 0 saturated carbocycles. The van der Waals surface area contributed by atoms with Crippen molar-refractivity contribution in [1.82, 2.24) is 0 Å². The Morgan fingerprint density at radius 2 is 1.89 bits per heavy atom. The fraction of sp³-hybridized carbons (Fsp3) is 0.125. The van der Waals surface area contributed by atoms with Crippen LogP contribution in [0, 0.1) is 0 Å². The molecule has 3 heteroatoms. The van der Waals surface area contributed by atoms with Crippen molar-refractivity contribution in [2.75, 3.05) is 0 Å². The maximum absolute atomic E-state index is 9.89. The van der Waals surface area contributed by atoms with Gasteiger partial charge < -0.3 is 14.9 Å². The first-order valence-electron chi connectivity index (χ1n) is 6.15. The molecule has 96 valence electrons. The summed E-state index contributed by atoms with van der Waals surface area (Å²) in [6.07, 6.45) is 3.23. The highest BCUT2D eigenvalue weighted by atomic mass is 16.5. The summed E-state index contributed by atoms with van der Waals surface area (Å²) in [6, 6.07) is 8.79. The minimum Gasteiger partial charge on any atom is -0.508 e. The van der Waals surface area contributed by atoms with Crippen molar-refractivity contribution in [3.8, 4) is 23.0 Å². The van der Waals surface area contributed by atoms with Crippen LogP contribution in [0.25, 0.3) is 6.08 Å². The number of rotatable bonds is 1. The Morgan fingerprint density at radius 3 is 2.68 bits per heavy atom. The molecule has 0 aliphatic carbocycles. The van der Waals surface area contributed by atoms with Crippen molar-refractivity contribution in [3.63, 3.8) is 0 Å². The van der Waals surface area contributed by atoms with Gasteiger partial charge in [-0.3, -0.25) is 0 Å². The van der Waals surface area contributed by atoms with Gasteiger partial charge in [0.2, 0.25) is 0 Å². The van der Waals surface area contributed by atoms with Crippen molar-refractivity contribution in [2.24, 2.45) is 0 Å². The fourth-order valence-electron chi connectivity index (χ4n) is 2.34. The molecule has 0 saturated heterocycles. The first kappa shape index (κ1) is 11.7. The summed E-state index contributed by atoms with van der Waals surface area (Å²) < 4.78 is 5.84. The van der Waals surface area contributed by atoms with E-state index in [1.54, 1.807) is 6.08 Å². The van der Waals surface area contributed by atoms with Crippen LogP contribution in [0.1, 0.15) is 16.7 Å². The first-order chi connectivity index (χ1) is 9.17. The number of aromatic hydroxyl groups is 2. The van der Waals surface area contributed by atoms with Gasteiger partial charge in [0.1, 0.15) is 23.0 Å². The summed E-state index contributed by atoms with van der Waals surface area (Å²) in [5.74, 6) is 1.34. The van der Waals surface area contributed by atoms with Gasteiger partial charge in [0, 0.05) is 17.7 Å². The Bertz CT molecular complexity index is 659. The zero-order chi connectivity index (χ0) is 13.4. The topological polar surface area (TPSA) is 49.7 Å². The molecule has 2 N–H and O–H groups in total. The zero-order valence-electron chi connectivity index (χ0n) is 10.4. The second-order valence-electron chi connectivity index (χ2n) is 4.61. The summed E-state index contributed by atoms with van der Waals surface area (Å²) in [6.45, 7) is 3.74. The molecular formula is C16H14O3. The van der Waals surface area contributed by atoms with Gasteiger partial charge in [-0.05, 0) is 30.0 Å². The maximum atomic E-state index is 9.89. The molecule has 3 nitrogen and oxygen atoms in total. The highest BCUT2D eigenvalue weighted by Gasteiger charge is 2.18. The molecule has 0 spiro atoms. The number of aryl methyl sites for hydroxylation is 1. The predicted octanol–water partition coefficient (Wildman–Crippen LogP) is 3.63. The third kappa shape index (κ3) is 2.03. The van der Waals surface area contributed by atoms with Crippen LogP contribution in [0.15, 0.2) is 36.9 Å². The molecule has 1 aliphatic rings. The van der Waals surface area contributed by atoms with Gasteiger partial charge in [0.05, 0.1) is 0 Å². The minimum atomic E-state index is -0.000393. The first-order valence-corrected chi connectivity index (χ1v) is 6.15. The van der Waals surface area contributed by atoms with Crippen LogP contribution in [0.5, 0.6) is 23.0 Å². The number of ether oxygens (including phenoxy) is 1. The normalized spacial score (nSPS) is 12.8. The third-order valence-electron chi connectivity index (χ3n) is 3.36. The fourth-order valence-corrected chi connectivity index (χ4v) is 2.34. The largest absolute Gasteiger partial charge is 0.508 e. The van der Waals surface area contributed by atoms with Gasteiger partial charge in [-0.2, -0.15) is 0 Å². The van der Waals surface area contributed by atoms with Crippen LogP contribution in [-0.2, 0) is 12.8 Å². The quantitative estimate of drug-likeness (QED) is 0.817. The Balaban J connectivity index is 2.12. The molecule has 0 unspecified atom stereocenters. The average molecular weight is 254 g/mol. The van der Waals surface area contributed by atoms with Crippen LogP contribution in [0.3, 0.4) is 0 Å². The summed E-state index contributed by atoms with van der Waals surface area (Å²) in [4.78, 5) is 0. The van der Waals surface area contributed by atoms with Crippen molar-refractivity contribution in [1.29, 1.82) is 0 Å².